The fraction of sp³-hybridized carbons (Fsp3) is 0.833. The van der Waals surface area contributed by atoms with Crippen molar-refractivity contribution in [3.8, 4) is 0 Å². The van der Waals surface area contributed by atoms with Gasteiger partial charge in [0.05, 0.1) is 10.4 Å². The van der Waals surface area contributed by atoms with E-state index in [9.17, 15) is 4.79 Å². The highest BCUT2D eigenvalue weighted by Gasteiger charge is 2.54. The minimum absolute atomic E-state index is 0.168. The highest BCUT2D eigenvalue weighted by atomic mass is 32.1. The van der Waals surface area contributed by atoms with E-state index in [0.717, 1.165) is 45.6 Å². The first kappa shape index (κ1) is 12.8. The molecular weight excluding hydrogens is 234 g/mol. The molecule has 1 saturated carbocycles. The Morgan fingerprint density at radius 2 is 1.88 bits per heavy atom. The summed E-state index contributed by atoms with van der Waals surface area (Å²) in [5, 5.41) is 0. The van der Waals surface area contributed by atoms with Gasteiger partial charge >= 0.3 is 0 Å². The third-order valence-electron chi connectivity index (χ3n) is 3.83. The number of carbonyl (C=O) groups is 1. The minimum atomic E-state index is -0.470. The summed E-state index contributed by atoms with van der Waals surface area (Å²) in [5.74, 6) is 0.168. The minimum Gasteiger partial charge on any atom is -0.392 e. The lowest BCUT2D eigenvalue weighted by Crippen LogP contribution is -2.52. The van der Waals surface area contributed by atoms with Gasteiger partial charge in [-0.3, -0.25) is 9.69 Å². The Morgan fingerprint density at radius 1 is 1.29 bits per heavy atom. The second-order valence-electron chi connectivity index (χ2n) is 5.08. The van der Waals surface area contributed by atoms with Gasteiger partial charge in [0.25, 0.3) is 0 Å². The first-order valence-electron chi connectivity index (χ1n) is 6.42. The van der Waals surface area contributed by atoms with Gasteiger partial charge in [-0.1, -0.05) is 19.1 Å². The Labute approximate surface area is 108 Å². The molecule has 0 aromatic heterocycles. The number of thiocarbonyl (C=S) groups is 1. The smallest absolute Gasteiger partial charge is 0.235 e. The van der Waals surface area contributed by atoms with Crippen molar-refractivity contribution in [1.29, 1.82) is 0 Å². The number of piperazine rings is 1. The molecule has 4 nitrogen and oxygen atoms in total. The highest BCUT2D eigenvalue weighted by Crippen LogP contribution is 2.47. The van der Waals surface area contributed by atoms with Gasteiger partial charge in [-0.05, 0) is 25.8 Å². The molecule has 0 unspecified atom stereocenters. The Balaban J connectivity index is 1.89. The normalized spacial score (nSPS) is 23.5. The number of amides is 1. The van der Waals surface area contributed by atoms with Crippen LogP contribution in [0, 0.1) is 5.41 Å². The summed E-state index contributed by atoms with van der Waals surface area (Å²) in [6.45, 7) is 6.92. The first-order valence-corrected chi connectivity index (χ1v) is 6.82. The number of rotatable bonds is 4. The van der Waals surface area contributed by atoms with Gasteiger partial charge in [0.2, 0.25) is 5.91 Å². The monoisotopic (exact) mass is 255 g/mol. The standard InChI is InChI=1S/C12H21N3OS/c1-2-5-14-6-8-15(9-7-14)11(16)12(3-4-12)10(13)17/h2-9H2,1H3,(H2,13,17). The average molecular weight is 255 g/mol. The van der Waals surface area contributed by atoms with Gasteiger partial charge in [-0.25, -0.2) is 0 Å². The Kier molecular flexibility index (Phi) is 3.68. The quantitative estimate of drug-likeness (QED) is 0.748. The van der Waals surface area contributed by atoms with E-state index in [1.54, 1.807) is 0 Å². The van der Waals surface area contributed by atoms with Crippen molar-refractivity contribution < 1.29 is 4.79 Å². The number of hydrogen-bond acceptors (Lipinski definition) is 3. The van der Waals surface area contributed by atoms with Crippen molar-refractivity contribution in [1.82, 2.24) is 9.80 Å². The van der Waals surface area contributed by atoms with Crippen LogP contribution in [0.5, 0.6) is 0 Å². The molecule has 0 bridgehead atoms. The van der Waals surface area contributed by atoms with E-state index < -0.39 is 5.41 Å². The molecule has 0 aromatic carbocycles. The largest absolute Gasteiger partial charge is 0.392 e. The lowest BCUT2D eigenvalue weighted by Gasteiger charge is -2.36. The molecule has 1 saturated heterocycles. The van der Waals surface area contributed by atoms with Crippen LogP contribution in [0.25, 0.3) is 0 Å². The number of nitrogens with zero attached hydrogens (tertiary/aromatic N) is 2. The predicted molar refractivity (Wildman–Crippen MR) is 71.8 cm³/mol. The van der Waals surface area contributed by atoms with E-state index >= 15 is 0 Å². The fourth-order valence-corrected chi connectivity index (χ4v) is 2.78. The number of nitrogens with two attached hydrogens (primary N) is 1. The van der Waals surface area contributed by atoms with Crippen LogP contribution < -0.4 is 5.73 Å². The maximum absolute atomic E-state index is 12.3. The van der Waals surface area contributed by atoms with Crippen LogP contribution in [-0.4, -0.2) is 53.4 Å². The molecule has 1 amide bonds. The summed E-state index contributed by atoms with van der Waals surface area (Å²) in [4.78, 5) is 17.1. The Bertz CT molecular complexity index is 320. The molecule has 0 spiro atoms. The summed E-state index contributed by atoms with van der Waals surface area (Å²) < 4.78 is 0. The lowest BCUT2D eigenvalue weighted by molar-refractivity contribution is -0.136. The maximum atomic E-state index is 12.3. The second kappa shape index (κ2) is 4.90. The Morgan fingerprint density at radius 3 is 2.29 bits per heavy atom. The van der Waals surface area contributed by atoms with Crippen molar-refractivity contribution in [3.05, 3.63) is 0 Å². The van der Waals surface area contributed by atoms with Crippen LogP contribution in [0.1, 0.15) is 26.2 Å². The van der Waals surface area contributed by atoms with Crippen LogP contribution in [0.15, 0.2) is 0 Å². The summed E-state index contributed by atoms with van der Waals surface area (Å²) >= 11 is 5.02. The zero-order valence-corrected chi connectivity index (χ0v) is 11.3. The van der Waals surface area contributed by atoms with Gasteiger partial charge in [-0.15, -0.1) is 0 Å². The predicted octanol–water partition coefficient (Wildman–Crippen LogP) is 0.607. The molecule has 0 radical (unpaired) electrons. The van der Waals surface area contributed by atoms with Gasteiger partial charge in [0.1, 0.15) is 0 Å². The van der Waals surface area contributed by atoms with Gasteiger partial charge in [0.15, 0.2) is 0 Å². The van der Waals surface area contributed by atoms with Crippen molar-refractivity contribution in [2.24, 2.45) is 11.1 Å². The Hall–Kier alpha value is -0.680. The van der Waals surface area contributed by atoms with E-state index in [-0.39, 0.29) is 5.91 Å². The molecule has 1 aliphatic heterocycles. The van der Waals surface area contributed by atoms with E-state index in [0.29, 0.717) is 4.99 Å². The van der Waals surface area contributed by atoms with Crippen molar-refractivity contribution in [2.75, 3.05) is 32.7 Å². The molecule has 96 valence electrons. The molecule has 2 aliphatic rings. The van der Waals surface area contributed by atoms with Gasteiger partial charge < -0.3 is 10.6 Å². The van der Waals surface area contributed by atoms with Crippen LogP contribution in [-0.2, 0) is 4.79 Å². The molecule has 0 aromatic rings. The fourth-order valence-electron chi connectivity index (χ4n) is 2.48. The third kappa shape index (κ3) is 2.45. The van der Waals surface area contributed by atoms with Crippen molar-refractivity contribution in [2.45, 2.75) is 26.2 Å². The van der Waals surface area contributed by atoms with E-state index in [1.165, 1.54) is 6.42 Å². The molecule has 17 heavy (non-hydrogen) atoms. The summed E-state index contributed by atoms with van der Waals surface area (Å²) in [6.07, 6.45) is 2.86. The van der Waals surface area contributed by atoms with E-state index in [1.807, 2.05) is 4.90 Å². The van der Waals surface area contributed by atoms with E-state index in [4.69, 9.17) is 18.0 Å². The van der Waals surface area contributed by atoms with Crippen molar-refractivity contribution in [3.63, 3.8) is 0 Å². The molecule has 2 N–H and O–H groups in total. The zero-order chi connectivity index (χ0) is 12.5. The molecule has 2 rings (SSSR count). The topological polar surface area (TPSA) is 49.6 Å². The lowest BCUT2D eigenvalue weighted by atomic mass is 10.1. The van der Waals surface area contributed by atoms with Crippen LogP contribution in [0.3, 0.4) is 0 Å². The van der Waals surface area contributed by atoms with Gasteiger partial charge in [0, 0.05) is 26.2 Å². The van der Waals surface area contributed by atoms with Gasteiger partial charge in [-0.2, -0.15) is 0 Å². The average Bonchev–Trinajstić information content (AvgIpc) is 3.11. The third-order valence-corrected chi connectivity index (χ3v) is 4.22. The molecular formula is C12H21N3OS. The zero-order valence-electron chi connectivity index (χ0n) is 10.4. The molecule has 2 fully saturated rings. The number of carbonyl (C=O) groups excluding carboxylic acids is 1. The number of hydrogen-bond donors (Lipinski definition) is 1. The second-order valence-corrected chi connectivity index (χ2v) is 5.52. The molecule has 1 heterocycles. The van der Waals surface area contributed by atoms with Crippen LogP contribution in [0.4, 0.5) is 0 Å². The molecule has 0 atom stereocenters. The molecule has 1 aliphatic carbocycles. The van der Waals surface area contributed by atoms with E-state index in [2.05, 4.69) is 11.8 Å². The summed E-state index contributed by atoms with van der Waals surface area (Å²) in [5.41, 5.74) is 5.22. The maximum Gasteiger partial charge on any atom is 0.235 e. The molecule has 5 heteroatoms. The highest BCUT2D eigenvalue weighted by molar-refractivity contribution is 7.80. The summed E-state index contributed by atoms with van der Waals surface area (Å²) in [6, 6.07) is 0. The van der Waals surface area contributed by atoms with Crippen LogP contribution in [0.2, 0.25) is 0 Å². The first-order chi connectivity index (χ1) is 8.10. The van der Waals surface area contributed by atoms with Crippen LogP contribution >= 0.6 is 12.2 Å². The summed E-state index contributed by atoms with van der Waals surface area (Å²) in [7, 11) is 0. The van der Waals surface area contributed by atoms with Crippen molar-refractivity contribution >= 4 is 23.1 Å². The SMILES string of the molecule is CCCN1CCN(C(=O)C2(C(N)=S)CC2)CC1.